The normalized spacial score (nSPS) is 11.4. The smallest absolute Gasteiger partial charge is 0.240 e. The van der Waals surface area contributed by atoms with Crippen molar-refractivity contribution in [1.29, 1.82) is 0 Å². The van der Waals surface area contributed by atoms with Crippen LogP contribution < -0.4 is 9.46 Å². The monoisotopic (exact) mass is 387 g/mol. The first-order valence-corrected chi connectivity index (χ1v) is 8.80. The Labute approximate surface area is 137 Å². The highest BCUT2D eigenvalue weighted by Crippen LogP contribution is 2.17. The molecule has 0 aliphatic carbocycles. The molecule has 2 aromatic rings. The van der Waals surface area contributed by atoms with Crippen molar-refractivity contribution in [2.24, 2.45) is 0 Å². The summed E-state index contributed by atoms with van der Waals surface area (Å²) in [6.45, 7) is 1.83. The van der Waals surface area contributed by atoms with Crippen molar-refractivity contribution in [3.8, 4) is 5.75 Å². The maximum absolute atomic E-state index is 13.2. The molecule has 0 unspecified atom stereocenters. The van der Waals surface area contributed by atoms with E-state index in [1.807, 2.05) is 12.1 Å². The molecule has 0 saturated carbocycles. The van der Waals surface area contributed by atoms with Gasteiger partial charge in [-0.1, -0.05) is 22.0 Å². The van der Waals surface area contributed by atoms with E-state index in [1.165, 1.54) is 19.1 Å². The Morgan fingerprint density at radius 3 is 2.68 bits per heavy atom. The maximum Gasteiger partial charge on any atom is 0.240 e. The molecule has 2 rings (SSSR count). The molecule has 2 aromatic carbocycles. The number of halogens is 2. The van der Waals surface area contributed by atoms with Crippen LogP contribution in [0, 0.1) is 12.7 Å². The topological polar surface area (TPSA) is 55.4 Å². The molecule has 0 heterocycles. The van der Waals surface area contributed by atoms with E-state index in [2.05, 4.69) is 20.7 Å². The lowest BCUT2D eigenvalue weighted by molar-refractivity contribution is 0.322. The van der Waals surface area contributed by atoms with Gasteiger partial charge in [0.05, 0.1) is 4.90 Å². The summed E-state index contributed by atoms with van der Waals surface area (Å²) in [7, 11) is -3.67. The highest BCUT2D eigenvalue weighted by molar-refractivity contribution is 9.10. The van der Waals surface area contributed by atoms with Gasteiger partial charge in [-0.25, -0.2) is 17.5 Å². The maximum atomic E-state index is 13.2. The molecular weight excluding hydrogens is 373 g/mol. The number of hydrogen-bond donors (Lipinski definition) is 1. The van der Waals surface area contributed by atoms with Gasteiger partial charge in [0.1, 0.15) is 18.2 Å². The van der Waals surface area contributed by atoms with Crippen molar-refractivity contribution in [3.05, 3.63) is 58.3 Å². The van der Waals surface area contributed by atoms with Gasteiger partial charge in [-0.15, -0.1) is 0 Å². The van der Waals surface area contributed by atoms with Crippen LogP contribution in [-0.2, 0) is 10.0 Å². The summed E-state index contributed by atoms with van der Waals surface area (Å²) in [6.07, 6.45) is 0. The molecule has 4 nitrogen and oxygen atoms in total. The first-order valence-electron chi connectivity index (χ1n) is 6.53. The first-order chi connectivity index (χ1) is 10.4. The van der Waals surface area contributed by atoms with Crippen LogP contribution in [0.4, 0.5) is 4.39 Å². The lowest BCUT2D eigenvalue weighted by Gasteiger charge is -2.09. The van der Waals surface area contributed by atoms with Crippen molar-refractivity contribution < 1.29 is 17.5 Å². The van der Waals surface area contributed by atoms with Gasteiger partial charge in [0.15, 0.2) is 0 Å². The fourth-order valence-corrected chi connectivity index (χ4v) is 3.25. The number of nitrogens with one attached hydrogen (secondary N) is 1. The summed E-state index contributed by atoms with van der Waals surface area (Å²) in [5.41, 5.74) is 0.285. The third kappa shape index (κ3) is 4.53. The minimum Gasteiger partial charge on any atom is -0.492 e. The third-order valence-corrected chi connectivity index (χ3v) is 4.85. The molecule has 0 radical (unpaired) electrons. The van der Waals surface area contributed by atoms with Crippen LogP contribution in [0.2, 0.25) is 0 Å². The SMILES string of the molecule is Cc1cc(S(=O)(=O)NCCOc2cccc(Br)c2)ccc1F. The highest BCUT2D eigenvalue weighted by atomic mass is 79.9. The molecule has 0 atom stereocenters. The molecule has 0 saturated heterocycles. The Hall–Kier alpha value is -1.44. The molecule has 0 bridgehead atoms. The van der Waals surface area contributed by atoms with Crippen molar-refractivity contribution >= 4 is 26.0 Å². The number of hydrogen-bond acceptors (Lipinski definition) is 3. The lowest BCUT2D eigenvalue weighted by Crippen LogP contribution is -2.28. The fraction of sp³-hybridized carbons (Fsp3) is 0.200. The number of benzene rings is 2. The van der Waals surface area contributed by atoms with Crippen LogP contribution in [0.25, 0.3) is 0 Å². The lowest BCUT2D eigenvalue weighted by atomic mass is 10.2. The third-order valence-electron chi connectivity index (χ3n) is 2.90. The van der Waals surface area contributed by atoms with E-state index < -0.39 is 15.8 Å². The number of rotatable bonds is 6. The van der Waals surface area contributed by atoms with E-state index in [9.17, 15) is 12.8 Å². The molecule has 0 aliphatic heterocycles. The molecule has 1 N–H and O–H groups in total. The van der Waals surface area contributed by atoms with Crippen LogP contribution in [0.15, 0.2) is 51.8 Å². The van der Waals surface area contributed by atoms with Crippen molar-refractivity contribution in [2.75, 3.05) is 13.2 Å². The quantitative estimate of drug-likeness (QED) is 0.773. The molecular formula is C15H15BrFNO3S. The molecule has 0 aliphatic rings. The molecule has 0 fully saturated rings. The molecule has 7 heteroatoms. The zero-order chi connectivity index (χ0) is 16.2. The van der Waals surface area contributed by atoms with Crippen LogP contribution in [0.5, 0.6) is 5.75 Å². The van der Waals surface area contributed by atoms with Crippen LogP contribution in [0.3, 0.4) is 0 Å². The highest BCUT2D eigenvalue weighted by Gasteiger charge is 2.14. The largest absolute Gasteiger partial charge is 0.492 e. The van der Waals surface area contributed by atoms with Gasteiger partial charge < -0.3 is 4.74 Å². The average Bonchev–Trinajstić information content (AvgIpc) is 2.46. The van der Waals surface area contributed by atoms with Crippen LogP contribution >= 0.6 is 15.9 Å². The zero-order valence-corrected chi connectivity index (χ0v) is 14.2. The van der Waals surface area contributed by atoms with E-state index in [1.54, 1.807) is 12.1 Å². The predicted octanol–water partition coefficient (Wildman–Crippen LogP) is 3.25. The van der Waals surface area contributed by atoms with Gasteiger partial charge in [-0.3, -0.25) is 0 Å². The van der Waals surface area contributed by atoms with Crippen LogP contribution in [-0.4, -0.2) is 21.6 Å². The summed E-state index contributed by atoms with van der Waals surface area (Å²) in [4.78, 5) is 0.0360. The molecule has 22 heavy (non-hydrogen) atoms. The van der Waals surface area contributed by atoms with Gasteiger partial charge in [0, 0.05) is 11.0 Å². The minimum absolute atomic E-state index is 0.0360. The van der Waals surface area contributed by atoms with E-state index in [-0.39, 0.29) is 23.6 Å². The van der Waals surface area contributed by atoms with E-state index >= 15 is 0 Å². The summed E-state index contributed by atoms with van der Waals surface area (Å²) in [6, 6.07) is 10.9. The summed E-state index contributed by atoms with van der Waals surface area (Å²) in [5.74, 6) is 0.211. The van der Waals surface area contributed by atoms with Crippen LogP contribution in [0.1, 0.15) is 5.56 Å². The number of aryl methyl sites for hydroxylation is 1. The Balaban J connectivity index is 1.91. The second kappa shape index (κ2) is 7.21. The van der Waals surface area contributed by atoms with E-state index in [0.29, 0.717) is 5.75 Å². The summed E-state index contributed by atoms with van der Waals surface area (Å²) in [5, 5.41) is 0. The van der Waals surface area contributed by atoms with Gasteiger partial charge in [0.25, 0.3) is 0 Å². The van der Waals surface area contributed by atoms with Gasteiger partial charge >= 0.3 is 0 Å². The molecule has 118 valence electrons. The Bertz CT molecular complexity index is 765. The minimum atomic E-state index is -3.67. The van der Waals surface area contributed by atoms with E-state index in [4.69, 9.17) is 4.74 Å². The van der Waals surface area contributed by atoms with Crippen molar-refractivity contribution in [1.82, 2.24) is 4.72 Å². The fourth-order valence-electron chi connectivity index (χ4n) is 1.77. The summed E-state index contributed by atoms with van der Waals surface area (Å²) < 4.78 is 46.0. The Morgan fingerprint density at radius 1 is 1.23 bits per heavy atom. The number of sulfonamides is 1. The Kier molecular flexibility index (Phi) is 5.55. The van der Waals surface area contributed by atoms with Gasteiger partial charge in [-0.05, 0) is 48.9 Å². The number of ether oxygens (including phenoxy) is 1. The zero-order valence-electron chi connectivity index (χ0n) is 11.8. The van der Waals surface area contributed by atoms with Crippen molar-refractivity contribution in [2.45, 2.75) is 11.8 Å². The van der Waals surface area contributed by atoms with Gasteiger partial charge in [0.2, 0.25) is 10.0 Å². The molecule has 0 amide bonds. The van der Waals surface area contributed by atoms with E-state index in [0.717, 1.165) is 10.5 Å². The first kappa shape index (κ1) is 16.9. The molecule has 0 aromatic heterocycles. The second-order valence-corrected chi connectivity index (χ2v) is 7.30. The standard InChI is InChI=1S/C15H15BrFNO3S/c1-11-9-14(5-6-15(11)17)22(19,20)18-7-8-21-13-4-2-3-12(16)10-13/h2-6,9-10,18H,7-8H2,1H3. The van der Waals surface area contributed by atoms with Crippen molar-refractivity contribution in [3.63, 3.8) is 0 Å². The molecule has 0 spiro atoms. The average molecular weight is 388 g/mol. The van der Waals surface area contributed by atoms with Gasteiger partial charge in [-0.2, -0.15) is 0 Å². The Morgan fingerprint density at radius 2 is 2.00 bits per heavy atom. The summed E-state index contributed by atoms with van der Waals surface area (Å²) >= 11 is 3.32. The predicted molar refractivity (Wildman–Crippen MR) is 86.0 cm³/mol. The second-order valence-electron chi connectivity index (χ2n) is 4.61.